The van der Waals surface area contributed by atoms with Crippen LogP contribution in [0.5, 0.6) is 0 Å². The number of carbonyl (C=O) groups excluding carboxylic acids is 2. The fourth-order valence-electron chi connectivity index (χ4n) is 0.647. The zero-order chi connectivity index (χ0) is 10.6. The summed E-state index contributed by atoms with van der Waals surface area (Å²) in [5.41, 5.74) is 5.59. The van der Waals surface area contributed by atoms with Crippen LogP contribution < -0.4 is 5.73 Å². The van der Waals surface area contributed by atoms with Gasteiger partial charge in [-0.05, 0) is 0 Å². The normalized spacial score (nSPS) is 10.3. The number of aldehydes is 1. The van der Waals surface area contributed by atoms with Gasteiger partial charge in [0.05, 0.1) is 0 Å². The molecule has 0 radical (unpaired) electrons. The zero-order valence-electron chi connectivity index (χ0n) is 7.67. The average molecular weight is 250 g/mol. The number of thiazole rings is 1. The van der Waals surface area contributed by atoms with Gasteiger partial charge in [0.2, 0.25) is 0 Å². The molecule has 0 aliphatic heterocycles. The molecule has 0 spiro atoms. The number of nitrogen functional groups attached to an aromatic ring is 1. The molecule has 82 valence electrons. The summed E-state index contributed by atoms with van der Waals surface area (Å²) in [4.78, 5) is 29.0. The molecule has 0 saturated heterocycles. The average Bonchev–Trinajstić information content (AvgIpc) is 2.53. The van der Waals surface area contributed by atoms with E-state index >= 15 is 0 Å². The van der Waals surface area contributed by atoms with Crippen molar-refractivity contribution in [3.05, 3.63) is 11.1 Å². The summed E-state index contributed by atoms with van der Waals surface area (Å²) in [6.45, 7) is 1.18. The molecule has 0 atom stereocenters. The smallest absolute Gasteiger partial charge is 0.332 e. The number of carbonyl (C=O) groups is 2. The Hall–Kier alpha value is -1.47. The Morgan fingerprint density at radius 2 is 2.40 bits per heavy atom. The minimum atomic E-state index is -0.604. The lowest BCUT2D eigenvalue weighted by Gasteiger charge is -1.92. The third-order valence-electron chi connectivity index (χ3n) is 1.17. The largest absolute Gasteiger partial charge is 0.375 e. The van der Waals surface area contributed by atoms with E-state index in [0.29, 0.717) is 17.1 Å². The molecule has 0 fully saturated rings. The summed E-state index contributed by atoms with van der Waals surface area (Å²) in [6, 6.07) is 0. The Kier molecular flexibility index (Phi) is 5.50. The van der Waals surface area contributed by atoms with Gasteiger partial charge in [0.15, 0.2) is 17.1 Å². The zero-order valence-corrected chi connectivity index (χ0v) is 9.30. The number of rotatable bonds is 3. The first-order valence-electron chi connectivity index (χ1n) is 3.55. The molecular formula is C7H8ClN3O3S. The number of nitrogens with two attached hydrogens (primary N) is 1. The molecule has 1 heterocycles. The SMILES string of the molecule is CC(=O)O/N=C(\C=O)c1csc(N)n1.Cl. The molecular weight excluding hydrogens is 242 g/mol. The summed E-state index contributed by atoms with van der Waals surface area (Å²) < 4.78 is 0. The summed E-state index contributed by atoms with van der Waals surface area (Å²) >= 11 is 1.17. The van der Waals surface area contributed by atoms with Gasteiger partial charge in [0.25, 0.3) is 0 Å². The van der Waals surface area contributed by atoms with E-state index in [1.165, 1.54) is 18.3 Å². The van der Waals surface area contributed by atoms with E-state index in [9.17, 15) is 9.59 Å². The maximum atomic E-state index is 10.5. The molecule has 0 saturated carbocycles. The molecule has 0 aromatic carbocycles. The highest BCUT2D eigenvalue weighted by Crippen LogP contribution is 2.11. The van der Waals surface area contributed by atoms with Crippen molar-refractivity contribution in [3.63, 3.8) is 0 Å². The van der Waals surface area contributed by atoms with Crippen LogP contribution in [0.3, 0.4) is 0 Å². The van der Waals surface area contributed by atoms with Gasteiger partial charge in [-0.2, -0.15) is 0 Å². The Balaban J connectivity index is 0.00000196. The number of aromatic nitrogens is 1. The highest BCUT2D eigenvalue weighted by Gasteiger charge is 2.07. The number of anilines is 1. The van der Waals surface area contributed by atoms with Crippen molar-refractivity contribution in [1.82, 2.24) is 4.98 Å². The van der Waals surface area contributed by atoms with E-state index < -0.39 is 5.97 Å². The van der Waals surface area contributed by atoms with Crippen molar-refractivity contribution < 1.29 is 14.4 Å². The van der Waals surface area contributed by atoms with Crippen LogP contribution >= 0.6 is 23.7 Å². The van der Waals surface area contributed by atoms with Crippen LogP contribution in [0.15, 0.2) is 10.5 Å². The molecule has 0 aliphatic rings. The van der Waals surface area contributed by atoms with E-state index in [1.54, 1.807) is 5.38 Å². The van der Waals surface area contributed by atoms with E-state index in [-0.39, 0.29) is 18.1 Å². The van der Waals surface area contributed by atoms with Crippen LogP contribution in [0.2, 0.25) is 0 Å². The molecule has 0 bridgehead atoms. The lowest BCUT2D eigenvalue weighted by molar-refractivity contribution is -0.140. The Bertz CT molecular complexity index is 391. The van der Waals surface area contributed by atoms with Crippen molar-refractivity contribution in [1.29, 1.82) is 0 Å². The predicted octanol–water partition coefficient (Wildman–Crippen LogP) is 0.613. The van der Waals surface area contributed by atoms with Crippen LogP contribution in [-0.2, 0) is 14.4 Å². The van der Waals surface area contributed by atoms with E-state index in [4.69, 9.17) is 5.73 Å². The molecule has 1 rings (SSSR count). The Morgan fingerprint density at radius 1 is 1.73 bits per heavy atom. The quantitative estimate of drug-likeness (QED) is 0.367. The highest BCUT2D eigenvalue weighted by atomic mass is 35.5. The second-order valence-corrected chi connectivity index (χ2v) is 3.14. The van der Waals surface area contributed by atoms with Gasteiger partial charge in [-0.1, -0.05) is 5.16 Å². The molecule has 0 amide bonds. The van der Waals surface area contributed by atoms with Crippen LogP contribution in [-0.4, -0.2) is 23.0 Å². The first kappa shape index (κ1) is 13.5. The molecule has 1 aromatic rings. The van der Waals surface area contributed by atoms with Gasteiger partial charge in [-0.25, -0.2) is 9.78 Å². The van der Waals surface area contributed by atoms with Crippen LogP contribution in [0.4, 0.5) is 5.13 Å². The predicted molar refractivity (Wildman–Crippen MR) is 58.1 cm³/mol. The van der Waals surface area contributed by atoms with E-state index in [0.717, 1.165) is 0 Å². The monoisotopic (exact) mass is 249 g/mol. The number of halogens is 1. The second kappa shape index (κ2) is 6.10. The summed E-state index contributed by atoms with van der Waals surface area (Å²) in [6.07, 6.45) is 0.442. The molecule has 0 unspecified atom stereocenters. The third kappa shape index (κ3) is 4.05. The maximum Gasteiger partial charge on any atom is 0.332 e. The minimum Gasteiger partial charge on any atom is -0.375 e. The summed E-state index contributed by atoms with van der Waals surface area (Å²) in [7, 11) is 0. The molecule has 6 nitrogen and oxygen atoms in total. The topological polar surface area (TPSA) is 94.6 Å². The van der Waals surface area contributed by atoms with Gasteiger partial charge in [-0.3, -0.25) is 4.79 Å². The lowest BCUT2D eigenvalue weighted by Crippen LogP contribution is -2.05. The number of oxime groups is 1. The van der Waals surface area contributed by atoms with Crippen molar-refractivity contribution in [3.8, 4) is 0 Å². The van der Waals surface area contributed by atoms with Crippen molar-refractivity contribution in [2.75, 3.05) is 5.73 Å². The fourth-order valence-corrected chi connectivity index (χ4v) is 1.20. The second-order valence-electron chi connectivity index (χ2n) is 2.25. The standard InChI is InChI=1S/C7H7N3O3S.ClH/c1-4(12)13-10-5(2-11)6-3-14-7(8)9-6;/h2-3H,1H3,(H2,8,9);1H/b10-5+;. The maximum absolute atomic E-state index is 10.5. The molecule has 8 heteroatoms. The highest BCUT2D eigenvalue weighted by molar-refractivity contribution is 7.13. The fraction of sp³-hybridized carbons (Fsp3) is 0.143. The van der Waals surface area contributed by atoms with Gasteiger partial charge < -0.3 is 10.6 Å². The Morgan fingerprint density at radius 3 is 2.80 bits per heavy atom. The van der Waals surface area contributed by atoms with Crippen molar-refractivity contribution in [2.24, 2.45) is 5.16 Å². The summed E-state index contributed by atoms with van der Waals surface area (Å²) in [5, 5.41) is 5.18. The molecule has 15 heavy (non-hydrogen) atoms. The Labute approximate surface area is 95.5 Å². The molecule has 2 N–H and O–H groups in total. The lowest BCUT2D eigenvalue weighted by atomic mass is 10.3. The minimum absolute atomic E-state index is 0. The first-order chi connectivity index (χ1) is 6.63. The van der Waals surface area contributed by atoms with Gasteiger partial charge in [0.1, 0.15) is 5.69 Å². The molecule has 0 aliphatic carbocycles. The number of hydrogen-bond donors (Lipinski definition) is 1. The van der Waals surface area contributed by atoms with Gasteiger partial charge in [0, 0.05) is 12.3 Å². The van der Waals surface area contributed by atoms with Gasteiger partial charge in [-0.15, -0.1) is 23.7 Å². The number of hydrogen-bond acceptors (Lipinski definition) is 7. The van der Waals surface area contributed by atoms with E-state index in [1.807, 2.05) is 0 Å². The van der Waals surface area contributed by atoms with Crippen LogP contribution in [0.25, 0.3) is 0 Å². The molecule has 1 aromatic heterocycles. The first-order valence-corrected chi connectivity index (χ1v) is 4.43. The van der Waals surface area contributed by atoms with Crippen LogP contribution in [0.1, 0.15) is 12.6 Å². The third-order valence-corrected chi connectivity index (χ3v) is 1.84. The summed E-state index contributed by atoms with van der Waals surface area (Å²) in [5.74, 6) is -0.604. The van der Waals surface area contributed by atoms with Crippen molar-refractivity contribution >= 4 is 46.8 Å². The number of nitrogens with zero attached hydrogens (tertiary/aromatic N) is 2. The van der Waals surface area contributed by atoms with Gasteiger partial charge >= 0.3 is 5.97 Å². The van der Waals surface area contributed by atoms with Crippen molar-refractivity contribution in [2.45, 2.75) is 6.92 Å². The van der Waals surface area contributed by atoms with E-state index in [2.05, 4.69) is 15.0 Å². The van der Waals surface area contributed by atoms with Crippen LogP contribution in [0, 0.1) is 0 Å².